The standard InChI is InChI=1S/C28H26F3N7O/c29-28(30,31)25(35-26(39)20-9-10-23-24(13-20)37-38-36-23)17-7-5-16(6-8-17)21-14-32-27(33-15-21)34-22-11-18-3-1-2-4-19(18)12-22/h1-8,14-15,20,22,25H,9-13H2,(H,35,39)(H,32,33,34)(H,36,37,38)/t20-,25+/m0/s1. The Kier molecular flexibility index (Phi) is 6.49. The van der Waals surface area contributed by atoms with Crippen molar-refractivity contribution >= 4 is 11.9 Å². The molecule has 2 atom stereocenters. The van der Waals surface area contributed by atoms with Crippen molar-refractivity contribution in [2.45, 2.75) is 50.4 Å². The Hall–Kier alpha value is -4.28. The Morgan fingerprint density at radius 3 is 2.31 bits per heavy atom. The monoisotopic (exact) mass is 533 g/mol. The molecule has 1 amide bonds. The van der Waals surface area contributed by atoms with Crippen LogP contribution in [0.4, 0.5) is 19.1 Å². The number of aromatic nitrogens is 5. The van der Waals surface area contributed by atoms with E-state index in [0.717, 1.165) is 18.5 Å². The Labute approximate surface area is 222 Å². The smallest absolute Gasteiger partial charge is 0.351 e. The molecule has 39 heavy (non-hydrogen) atoms. The molecule has 4 aromatic rings. The maximum atomic E-state index is 14.0. The van der Waals surface area contributed by atoms with E-state index in [-0.39, 0.29) is 18.0 Å². The highest BCUT2D eigenvalue weighted by Gasteiger charge is 2.43. The molecule has 0 bridgehead atoms. The second-order valence-electron chi connectivity index (χ2n) is 10.1. The molecule has 2 aliphatic carbocycles. The number of nitrogens with one attached hydrogen (secondary N) is 3. The van der Waals surface area contributed by atoms with Gasteiger partial charge in [0.2, 0.25) is 11.9 Å². The maximum absolute atomic E-state index is 14.0. The van der Waals surface area contributed by atoms with Crippen LogP contribution in [0.3, 0.4) is 0 Å². The van der Waals surface area contributed by atoms with Gasteiger partial charge in [0.1, 0.15) is 0 Å². The van der Waals surface area contributed by atoms with Crippen LogP contribution in [0.5, 0.6) is 0 Å². The number of rotatable bonds is 6. The summed E-state index contributed by atoms with van der Waals surface area (Å²) >= 11 is 0. The number of nitrogens with zero attached hydrogens (tertiary/aromatic N) is 4. The van der Waals surface area contributed by atoms with Gasteiger partial charge in [-0.3, -0.25) is 9.89 Å². The highest BCUT2D eigenvalue weighted by Crippen LogP contribution is 2.35. The molecule has 0 fully saturated rings. The van der Waals surface area contributed by atoms with Gasteiger partial charge in [0.15, 0.2) is 6.04 Å². The Bertz CT molecular complexity index is 1440. The number of benzene rings is 2. The number of fused-ring (bicyclic) bond motifs is 2. The highest BCUT2D eigenvalue weighted by molar-refractivity contribution is 5.80. The van der Waals surface area contributed by atoms with Gasteiger partial charge in [0.05, 0.1) is 11.4 Å². The zero-order chi connectivity index (χ0) is 27.0. The lowest BCUT2D eigenvalue weighted by molar-refractivity contribution is -0.164. The molecule has 11 heteroatoms. The van der Waals surface area contributed by atoms with E-state index in [0.29, 0.717) is 35.6 Å². The topological polar surface area (TPSA) is 108 Å². The molecule has 0 unspecified atom stereocenters. The van der Waals surface area contributed by atoms with Gasteiger partial charge >= 0.3 is 6.18 Å². The summed E-state index contributed by atoms with van der Waals surface area (Å²) < 4.78 is 41.9. The van der Waals surface area contributed by atoms with Crippen molar-refractivity contribution in [1.29, 1.82) is 0 Å². The number of aryl methyl sites for hydroxylation is 1. The maximum Gasteiger partial charge on any atom is 0.412 e. The Morgan fingerprint density at radius 2 is 1.64 bits per heavy atom. The molecule has 200 valence electrons. The second kappa shape index (κ2) is 10.1. The fourth-order valence-corrected chi connectivity index (χ4v) is 5.39. The predicted molar refractivity (Wildman–Crippen MR) is 138 cm³/mol. The lowest BCUT2D eigenvalue weighted by Gasteiger charge is -2.26. The third kappa shape index (κ3) is 5.34. The van der Waals surface area contributed by atoms with Crippen LogP contribution in [0.1, 0.15) is 40.5 Å². The first-order chi connectivity index (χ1) is 18.8. The minimum absolute atomic E-state index is 0.0439. The average molecular weight is 534 g/mol. The van der Waals surface area contributed by atoms with Gasteiger partial charge in [-0.05, 0) is 47.9 Å². The zero-order valence-electron chi connectivity index (χ0n) is 20.9. The van der Waals surface area contributed by atoms with Gasteiger partial charge in [0, 0.05) is 36.3 Å². The van der Waals surface area contributed by atoms with Crippen LogP contribution in [0.2, 0.25) is 0 Å². The first-order valence-corrected chi connectivity index (χ1v) is 12.8. The van der Waals surface area contributed by atoms with Crippen molar-refractivity contribution in [1.82, 2.24) is 30.7 Å². The number of hydrogen-bond donors (Lipinski definition) is 3. The van der Waals surface area contributed by atoms with Crippen molar-refractivity contribution in [2.75, 3.05) is 5.32 Å². The number of aromatic amines is 1. The van der Waals surface area contributed by atoms with Gasteiger partial charge in [-0.1, -0.05) is 53.7 Å². The molecule has 2 aromatic heterocycles. The van der Waals surface area contributed by atoms with Crippen molar-refractivity contribution in [3.63, 3.8) is 0 Å². The number of hydrogen-bond acceptors (Lipinski definition) is 6. The van der Waals surface area contributed by atoms with Gasteiger partial charge in [-0.2, -0.15) is 13.2 Å². The Morgan fingerprint density at radius 1 is 0.949 bits per heavy atom. The molecule has 3 N–H and O–H groups in total. The van der Waals surface area contributed by atoms with Crippen LogP contribution in [0, 0.1) is 5.92 Å². The van der Waals surface area contributed by atoms with E-state index in [4.69, 9.17) is 0 Å². The van der Waals surface area contributed by atoms with Crippen LogP contribution in [0.25, 0.3) is 11.1 Å². The molecule has 0 saturated carbocycles. The van der Waals surface area contributed by atoms with Crippen molar-refractivity contribution in [2.24, 2.45) is 5.92 Å². The van der Waals surface area contributed by atoms with Crippen molar-refractivity contribution in [3.8, 4) is 11.1 Å². The quantitative estimate of drug-likeness (QED) is 0.340. The van der Waals surface area contributed by atoms with E-state index in [1.807, 2.05) is 12.1 Å². The van der Waals surface area contributed by atoms with Crippen LogP contribution in [-0.4, -0.2) is 43.5 Å². The number of H-pyrrole nitrogens is 1. The van der Waals surface area contributed by atoms with E-state index in [2.05, 4.69) is 48.1 Å². The summed E-state index contributed by atoms with van der Waals surface area (Å²) in [7, 11) is 0. The van der Waals surface area contributed by atoms with E-state index in [9.17, 15) is 18.0 Å². The number of alkyl halides is 3. The average Bonchev–Trinajstić information content (AvgIpc) is 3.57. The van der Waals surface area contributed by atoms with Crippen LogP contribution < -0.4 is 10.6 Å². The number of amides is 1. The fraction of sp³-hybridized carbons (Fsp3) is 0.321. The summed E-state index contributed by atoms with van der Waals surface area (Å²) in [5.41, 5.74) is 5.42. The second-order valence-corrected chi connectivity index (χ2v) is 10.1. The molecule has 0 saturated heterocycles. The SMILES string of the molecule is O=C(N[C@H](c1ccc(-c2cnc(NC3Cc4ccccc4C3)nc2)cc1)C(F)(F)F)[C@H]1CCc2[nH]nnc2C1. The molecule has 8 nitrogen and oxygen atoms in total. The lowest BCUT2D eigenvalue weighted by atomic mass is 9.88. The van der Waals surface area contributed by atoms with Crippen LogP contribution in [0.15, 0.2) is 60.9 Å². The summed E-state index contributed by atoms with van der Waals surface area (Å²) in [5, 5.41) is 16.0. The number of halogens is 3. The Balaban J connectivity index is 1.11. The summed E-state index contributed by atoms with van der Waals surface area (Å²) in [4.78, 5) is 21.6. The van der Waals surface area contributed by atoms with E-state index >= 15 is 0 Å². The largest absolute Gasteiger partial charge is 0.412 e. The first kappa shape index (κ1) is 25.0. The molecular weight excluding hydrogens is 507 g/mol. The van der Waals surface area contributed by atoms with E-state index in [1.54, 1.807) is 24.5 Å². The minimum atomic E-state index is -4.65. The third-order valence-corrected chi connectivity index (χ3v) is 7.48. The van der Waals surface area contributed by atoms with Crippen LogP contribution in [-0.2, 0) is 30.5 Å². The number of carbonyl (C=O) groups is 1. The third-order valence-electron chi connectivity index (χ3n) is 7.48. The summed E-state index contributed by atoms with van der Waals surface area (Å²) in [5.74, 6) is -0.722. The molecule has 2 aliphatic rings. The van der Waals surface area contributed by atoms with Gasteiger partial charge < -0.3 is 10.6 Å². The van der Waals surface area contributed by atoms with Crippen LogP contribution >= 0.6 is 0 Å². The lowest BCUT2D eigenvalue weighted by Crippen LogP contribution is -2.42. The molecule has 0 radical (unpaired) electrons. The highest BCUT2D eigenvalue weighted by atomic mass is 19.4. The normalized spacial score (nSPS) is 17.8. The van der Waals surface area contributed by atoms with E-state index in [1.165, 1.54) is 23.3 Å². The van der Waals surface area contributed by atoms with Crippen molar-refractivity contribution in [3.05, 3.63) is 89.0 Å². The molecule has 0 spiro atoms. The summed E-state index contributed by atoms with van der Waals surface area (Å²) in [6.07, 6.45) is 1.68. The van der Waals surface area contributed by atoms with Gasteiger partial charge in [-0.25, -0.2) is 9.97 Å². The van der Waals surface area contributed by atoms with Gasteiger partial charge in [-0.15, -0.1) is 5.10 Å². The zero-order valence-corrected chi connectivity index (χ0v) is 20.9. The van der Waals surface area contributed by atoms with Gasteiger partial charge in [0.25, 0.3) is 0 Å². The minimum Gasteiger partial charge on any atom is -0.351 e. The predicted octanol–water partition coefficient (Wildman–Crippen LogP) is 4.37. The molecular formula is C28H26F3N7O. The summed E-state index contributed by atoms with van der Waals surface area (Å²) in [6, 6.07) is 12.4. The fourth-order valence-electron chi connectivity index (χ4n) is 5.39. The number of anilines is 1. The first-order valence-electron chi connectivity index (χ1n) is 12.8. The van der Waals surface area contributed by atoms with Crippen molar-refractivity contribution < 1.29 is 18.0 Å². The number of carbonyl (C=O) groups excluding carboxylic acids is 1. The summed E-state index contributed by atoms with van der Waals surface area (Å²) in [6.45, 7) is 0. The molecule has 0 aliphatic heterocycles. The molecule has 2 aromatic carbocycles. The molecule has 2 heterocycles. The molecule has 6 rings (SSSR count). The van der Waals surface area contributed by atoms with E-state index < -0.39 is 24.0 Å².